The molecule has 0 saturated carbocycles. The van der Waals surface area contributed by atoms with E-state index < -0.39 is 0 Å². The van der Waals surface area contributed by atoms with Crippen LogP contribution in [0.25, 0.3) is 0 Å². The first-order valence-electron chi connectivity index (χ1n) is 5.95. The number of carbonyl (C=O) groups excluding carboxylic acids is 2. The average Bonchev–Trinajstić information content (AvgIpc) is 2.86. The molecule has 0 bridgehead atoms. The Kier molecular flexibility index (Phi) is 5.03. The Labute approximate surface area is 139 Å². The number of hydrogen-bond acceptors (Lipinski definition) is 3. The summed E-state index contributed by atoms with van der Waals surface area (Å²) < 4.78 is 0.724. The van der Waals surface area contributed by atoms with Crippen LogP contribution in [0.1, 0.15) is 20.0 Å². The number of halogens is 2. The lowest BCUT2D eigenvalue weighted by molar-refractivity contribution is 0.0827. The fourth-order valence-corrected chi connectivity index (χ4v) is 3.26. The van der Waals surface area contributed by atoms with E-state index in [4.69, 9.17) is 11.6 Å². The molecule has 2 aromatic rings. The quantitative estimate of drug-likeness (QED) is 0.861. The van der Waals surface area contributed by atoms with Crippen molar-refractivity contribution in [1.29, 1.82) is 0 Å². The summed E-state index contributed by atoms with van der Waals surface area (Å²) in [6.07, 6.45) is 0. The van der Waals surface area contributed by atoms with Crippen molar-refractivity contribution in [3.63, 3.8) is 0 Å². The normalized spacial score (nSPS) is 10.3. The molecule has 1 aromatic heterocycles. The molecule has 7 heteroatoms. The molecule has 1 aromatic carbocycles. The van der Waals surface area contributed by atoms with Crippen molar-refractivity contribution in [3.05, 3.63) is 49.6 Å². The van der Waals surface area contributed by atoms with Gasteiger partial charge in [0.05, 0.1) is 10.7 Å². The van der Waals surface area contributed by atoms with Crippen molar-refractivity contribution in [2.45, 2.75) is 0 Å². The standard InChI is InChI=1S/C14H12BrClN2O2S/c1-18(2)14(20)8-3-4-10(16)11(7-8)17-13(19)12-9(15)5-6-21-12/h3-7H,1-2H3,(H,17,19). The highest BCUT2D eigenvalue weighted by Gasteiger charge is 2.15. The first-order chi connectivity index (χ1) is 9.90. The molecule has 1 N–H and O–H groups in total. The van der Waals surface area contributed by atoms with Crippen LogP contribution in [-0.4, -0.2) is 30.8 Å². The van der Waals surface area contributed by atoms with Gasteiger partial charge in [-0.1, -0.05) is 11.6 Å². The van der Waals surface area contributed by atoms with Gasteiger partial charge < -0.3 is 10.2 Å². The third-order valence-electron chi connectivity index (χ3n) is 2.69. The van der Waals surface area contributed by atoms with Gasteiger partial charge in [0.2, 0.25) is 0 Å². The molecule has 21 heavy (non-hydrogen) atoms. The van der Waals surface area contributed by atoms with E-state index in [1.807, 2.05) is 5.38 Å². The molecule has 110 valence electrons. The van der Waals surface area contributed by atoms with Gasteiger partial charge in [-0.05, 0) is 45.6 Å². The third-order valence-corrected chi connectivity index (χ3v) is 4.86. The maximum Gasteiger partial charge on any atom is 0.266 e. The van der Waals surface area contributed by atoms with Crippen LogP contribution in [0.15, 0.2) is 34.1 Å². The van der Waals surface area contributed by atoms with E-state index in [2.05, 4.69) is 21.2 Å². The van der Waals surface area contributed by atoms with Gasteiger partial charge >= 0.3 is 0 Å². The molecule has 1 heterocycles. The van der Waals surface area contributed by atoms with Crippen LogP contribution >= 0.6 is 38.9 Å². The number of amides is 2. The Morgan fingerprint density at radius 2 is 2.00 bits per heavy atom. The molecule has 0 aliphatic carbocycles. The summed E-state index contributed by atoms with van der Waals surface area (Å²) in [5.41, 5.74) is 0.875. The Morgan fingerprint density at radius 1 is 1.29 bits per heavy atom. The number of hydrogen-bond donors (Lipinski definition) is 1. The molecule has 4 nitrogen and oxygen atoms in total. The van der Waals surface area contributed by atoms with Crippen molar-refractivity contribution in [2.75, 3.05) is 19.4 Å². The Bertz CT molecular complexity index is 700. The predicted molar refractivity (Wildman–Crippen MR) is 89.4 cm³/mol. The molecule has 0 unspecified atom stereocenters. The number of benzene rings is 1. The van der Waals surface area contributed by atoms with Crippen molar-refractivity contribution in [3.8, 4) is 0 Å². The third kappa shape index (κ3) is 3.64. The maximum atomic E-state index is 12.2. The van der Waals surface area contributed by atoms with E-state index in [1.54, 1.807) is 38.4 Å². The second kappa shape index (κ2) is 6.60. The number of thiophene rings is 1. The molecule has 0 aliphatic rings. The van der Waals surface area contributed by atoms with Crippen molar-refractivity contribution in [2.24, 2.45) is 0 Å². The summed E-state index contributed by atoms with van der Waals surface area (Å²) >= 11 is 10.7. The minimum atomic E-state index is -0.270. The van der Waals surface area contributed by atoms with Crippen LogP contribution in [0, 0.1) is 0 Å². The van der Waals surface area contributed by atoms with Crippen LogP contribution in [0.5, 0.6) is 0 Å². The monoisotopic (exact) mass is 386 g/mol. The lowest BCUT2D eigenvalue weighted by Crippen LogP contribution is -2.22. The lowest BCUT2D eigenvalue weighted by Gasteiger charge is -2.12. The second-order valence-electron chi connectivity index (χ2n) is 4.45. The molecule has 0 saturated heterocycles. The van der Waals surface area contributed by atoms with E-state index >= 15 is 0 Å². The van der Waals surface area contributed by atoms with E-state index in [9.17, 15) is 9.59 Å². The molecule has 2 rings (SSSR count). The zero-order valence-electron chi connectivity index (χ0n) is 11.3. The van der Waals surface area contributed by atoms with Crippen LogP contribution in [0.2, 0.25) is 5.02 Å². The van der Waals surface area contributed by atoms with E-state index in [-0.39, 0.29) is 11.8 Å². The van der Waals surface area contributed by atoms with Crippen LogP contribution in [0.3, 0.4) is 0 Å². The summed E-state index contributed by atoms with van der Waals surface area (Å²) in [7, 11) is 3.33. The second-order valence-corrected chi connectivity index (χ2v) is 6.62. The molecule has 0 spiro atoms. The topological polar surface area (TPSA) is 49.4 Å². The Hall–Kier alpha value is -1.37. The number of anilines is 1. The molecule has 0 atom stereocenters. The fourth-order valence-electron chi connectivity index (χ4n) is 1.65. The summed E-state index contributed by atoms with van der Waals surface area (Å²) in [6, 6.07) is 6.59. The molecular formula is C14H12BrClN2O2S. The number of carbonyl (C=O) groups is 2. The molecule has 0 fully saturated rings. The van der Waals surface area contributed by atoms with Gasteiger partial charge in [0.1, 0.15) is 4.88 Å². The minimum absolute atomic E-state index is 0.153. The van der Waals surface area contributed by atoms with Gasteiger partial charge in [0.25, 0.3) is 11.8 Å². The largest absolute Gasteiger partial charge is 0.345 e. The van der Waals surface area contributed by atoms with E-state index in [1.165, 1.54) is 16.2 Å². The van der Waals surface area contributed by atoms with Gasteiger partial charge in [-0.3, -0.25) is 9.59 Å². The molecular weight excluding hydrogens is 376 g/mol. The zero-order chi connectivity index (χ0) is 15.6. The van der Waals surface area contributed by atoms with Crippen LogP contribution < -0.4 is 5.32 Å². The fraction of sp³-hybridized carbons (Fsp3) is 0.143. The van der Waals surface area contributed by atoms with Crippen molar-refractivity contribution in [1.82, 2.24) is 4.90 Å². The zero-order valence-corrected chi connectivity index (χ0v) is 14.5. The highest BCUT2D eigenvalue weighted by Crippen LogP contribution is 2.27. The predicted octanol–water partition coefficient (Wildman–Crippen LogP) is 4.12. The summed E-state index contributed by atoms with van der Waals surface area (Å²) in [6.45, 7) is 0. The number of rotatable bonds is 3. The summed E-state index contributed by atoms with van der Waals surface area (Å²) in [5.74, 6) is -0.423. The van der Waals surface area contributed by atoms with Crippen molar-refractivity contribution < 1.29 is 9.59 Å². The number of nitrogens with zero attached hydrogens (tertiary/aromatic N) is 1. The summed E-state index contributed by atoms with van der Waals surface area (Å²) in [5, 5.41) is 4.92. The van der Waals surface area contributed by atoms with Crippen molar-refractivity contribution >= 4 is 56.4 Å². The minimum Gasteiger partial charge on any atom is -0.345 e. The highest BCUT2D eigenvalue weighted by atomic mass is 79.9. The van der Waals surface area contributed by atoms with Crippen LogP contribution in [-0.2, 0) is 0 Å². The Morgan fingerprint density at radius 3 is 2.57 bits per heavy atom. The molecule has 0 radical (unpaired) electrons. The molecule has 0 aliphatic heterocycles. The van der Waals surface area contributed by atoms with Gasteiger partial charge in [-0.2, -0.15) is 0 Å². The summed E-state index contributed by atoms with van der Waals surface area (Å²) in [4.78, 5) is 26.1. The first kappa shape index (κ1) is 16.0. The molecule has 2 amide bonds. The lowest BCUT2D eigenvalue weighted by atomic mass is 10.1. The van der Waals surface area contributed by atoms with E-state index in [0.717, 1.165) is 4.47 Å². The van der Waals surface area contributed by atoms with Gasteiger partial charge in [-0.15, -0.1) is 11.3 Å². The first-order valence-corrected chi connectivity index (χ1v) is 8.00. The average molecular weight is 388 g/mol. The smallest absolute Gasteiger partial charge is 0.266 e. The van der Waals surface area contributed by atoms with Gasteiger partial charge in [-0.25, -0.2) is 0 Å². The highest BCUT2D eigenvalue weighted by molar-refractivity contribution is 9.10. The SMILES string of the molecule is CN(C)C(=O)c1ccc(Cl)c(NC(=O)c2sccc2Br)c1. The Balaban J connectivity index is 2.28. The van der Waals surface area contributed by atoms with E-state index in [0.29, 0.717) is 21.2 Å². The van der Waals surface area contributed by atoms with Gasteiger partial charge in [0.15, 0.2) is 0 Å². The maximum absolute atomic E-state index is 12.2. The van der Waals surface area contributed by atoms with Gasteiger partial charge in [0, 0.05) is 24.1 Å². The van der Waals surface area contributed by atoms with Crippen LogP contribution in [0.4, 0.5) is 5.69 Å². The number of nitrogens with one attached hydrogen (secondary N) is 1.